The molecule has 0 heterocycles. The van der Waals surface area contributed by atoms with E-state index in [0.29, 0.717) is 17.9 Å². The number of carbonyl (C=O) groups is 2. The van der Waals surface area contributed by atoms with Gasteiger partial charge in [-0.05, 0) is 42.9 Å². The summed E-state index contributed by atoms with van der Waals surface area (Å²) in [6, 6.07) is 0.349. The van der Waals surface area contributed by atoms with Crippen molar-refractivity contribution in [3.8, 4) is 0 Å². The van der Waals surface area contributed by atoms with Gasteiger partial charge in [0.1, 0.15) is 13.2 Å². The summed E-state index contributed by atoms with van der Waals surface area (Å²) in [7, 11) is 0. The van der Waals surface area contributed by atoms with Crippen LogP contribution in [0.1, 0.15) is 19.3 Å². The molecule has 2 bridgehead atoms. The third-order valence-electron chi connectivity index (χ3n) is 4.52. The molecule has 4 unspecified atom stereocenters. The highest BCUT2D eigenvalue weighted by Crippen LogP contribution is 2.65. The Bertz CT molecular complexity index is 340. The van der Waals surface area contributed by atoms with Gasteiger partial charge < -0.3 is 15.2 Å². The van der Waals surface area contributed by atoms with Crippen LogP contribution in [0.2, 0.25) is 0 Å². The molecule has 1 amide bonds. The molecule has 3 aliphatic rings. The SMILES string of the molecule is O=C(O)COCC(=O)NC1C2C3CCC(C3)C12. The van der Waals surface area contributed by atoms with Crippen molar-refractivity contribution in [2.75, 3.05) is 13.2 Å². The Balaban J connectivity index is 1.41. The lowest BCUT2D eigenvalue weighted by atomic mass is 10.0. The van der Waals surface area contributed by atoms with E-state index in [4.69, 9.17) is 9.84 Å². The summed E-state index contributed by atoms with van der Waals surface area (Å²) < 4.78 is 4.77. The summed E-state index contributed by atoms with van der Waals surface area (Å²) in [6.07, 6.45) is 4.01. The van der Waals surface area contributed by atoms with Gasteiger partial charge in [-0.15, -0.1) is 0 Å². The summed E-state index contributed by atoms with van der Waals surface area (Å²) in [5.41, 5.74) is 0. The zero-order valence-electron chi connectivity index (χ0n) is 9.59. The first kappa shape index (κ1) is 11.0. The van der Waals surface area contributed by atoms with E-state index in [0.717, 1.165) is 11.8 Å². The fourth-order valence-electron chi connectivity index (χ4n) is 3.98. The van der Waals surface area contributed by atoms with Gasteiger partial charge in [0, 0.05) is 6.04 Å². The standard InChI is InChI=1S/C12H17NO4/c14-8(4-17-5-9(15)16)13-12-10-6-1-2-7(3-6)11(10)12/h6-7,10-12H,1-5H2,(H,13,14)(H,15,16). The third kappa shape index (κ3) is 1.92. The van der Waals surface area contributed by atoms with Crippen LogP contribution in [-0.4, -0.2) is 36.2 Å². The zero-order valence-corrected chi connectivity index (χ0v) is 9.59. The van der Waals surface area contributed by atoms with Crippen molar-refractivity contribution in [3.05, 3.63) is 0 Å². The molecule has 4 atom stereocenters. The first-order chi connectivity index (χ1) is 8.16. The second-order valence-electron chi connectivity index (χ2n) is 5.47. The third-order valence-corrected chi connectivity index (χ3v) is 4.52. The monoisotopic (exact) mass is 239 g/mol. The van der Waals surface area contributed by atoms with Crippen LogP contribution < -0.4 is 5.32 Å². The molecule has 3 fully saturated rings. The van der Waals surface area contributed by atoms with Gasteiger partial charge in [0.25, 0.3) is 0 Å². The van der Waals surface area contributed by atoms with E-state index < -0.39 is 12.6 Å². The van der Waals surface area contributed by atoms with Crippen molar-refractivity contribution in [2.45, 2.75) is 25.3 Å². The Morgan fingerprint density at radius 1 is 1.18 bits per heavy atom. The van der Waals surface area contributed by atoms with Gasteiger partial charge in [0.15, 0.2) is 0 Å². The van der Waals surface area contributed by atoms with Gasteiger partial charge in [-0.25, -0.2) is 4.79 Å². The average Bonchev–Trinajstić information content (AvgIpc) is 2.70. The Labute approximate surface area is 99.5 Å². The first-order valence-corrected chi connectivity index (χ1v) is 6.25. The quantitative estimate of drug-likeness (QED) is 0.721. The van der Waals surface area contributed by atoms with E-state index in [-0.39, 0.29) is 12.5 Å². The maximum atomic E-state index is 11.5. The molecule has 0 radical (unpaired) electrons. The molecule has 5 nitrogen and oxygen atoms in total. The molecule has 0 spiro atoms. The Hall–Kier alpha value is -1.10. The van der Waals surface area contributed by atoms with E-state index in [1.54, 1.807) is 0 Å². The van der Waals surface area contributed by atoms with Gasteiger partial charge in [0.2, 0.25) is 5.91 Å². The highest BCUT2D eigenvalue weighted by Gasteiger charge is 2.65. The number of nitrogens with one attached hydrogen (secondary N) is 1. The summed E-state index contributed by atoms with van der Waals surface area (Å²) in [6.45, 7) is -0.548. The van der Waals surface area contributed by atoms with Gasteiger partial charge in [0.05, 0.1) is 0 Å². The molecule has 3 rings (SSSR count). The lowest BCUT2D eigenvalue weighted by Crippen LogP contribution is -2.33. The maximum absolute atomic E-state index is 11.5. The number of carboxylic acids is 1. The number of hydrogen-bond donors (Lipinski definition) is 2. The van der Waals surface area contributed by atoms with E-state index in [9.17, 15) is 9.59 Å². The largest absolute Gasteiger partial charge is 0.480 e. The number of carbonyl (C=O) groups excluding carboxylic acids is 1. The number of hydrogen-bond acceptors (Lipinski definition) is 3. The molecular formula is C12H17NO4. The molecule has 3 aliphatic carbocycles. The summed E-state index contributed by atoms with van der Waals surface area (Å²) in [4.78, 5) is 21.7. The van der Waals surface area contributed by atoms with Crippen molar-refractivity contribution < 1.29 is 19.4 Å². The second-order valence-corrected chi connectivity index (χ2v) is 5.47. The summed E-state index contributed by atoms with van der Waals surface area (Å²) in [5.74, 6) is 1.85. The maximum Gasteiger partial charge on any atom is 0.329 e. The molecule has 5 heteroatoms. The minimum absolute atomic E-state index is 0.141. The molecule has 0 aromatic rings. The smallest absolute Gasteiger partial charge is 0.329 e. The van der Waals surface area contributed by atoms with Gasteiger partial charge >= 0.3 is 5.97 Å². The van der Waals surface area contributed by atoms with E-state index in [2.05, 4.69) is 5.32 Å². The van der Waals surface area contributed by atoms with E-state index >= 15 is 0 Å². The van der Waals surface area contributed by atoms with E-state index in [1.807, 2.05) is 0 Å². The fraction of sp³-hybridized carbons (Fsp3) is 0.833. The number of carboxylic acid groups (broad SMARTS) is 1. The molecule has 17 heavy (non-hydrogen) atoms. The predicted octanol–water partition coefficient (Wildman–Crippen LogP) is 0.248. The fourth-order valence-corrected chi connectivity index (χ4v) is 3.98. The highest BCUT2D eigenvalue weighted by molar-refractivity contribution is 5.78. The Kier molecular flexibility index (Phi) is 2.58. The molecule has 0 aliphatic heterocycles. The Morgan fingerprint density at radius 3 is 2.41 bits per heavy atom. The van der Waals surface area contributed by atoms with Crippen LogP contribution in [0.5, 0.6) is 0 Å². The number of aliphatic carboxylic acids is 1. The summed E-state index contributed by atoms with van der Waals surface area (Å²) >= 11 is 0. The van der Waals surface area contributed by atoms with Gasteiger partial charge in [-0.3, -0.25) is 4.79 Å². The van der Waals surface area contributed by atoms with Crippen molar-refractivity contribution in [2.24, 2.45) is 23.7 Å². The van der Waals surface area contributed by atoms with Crippen molar-refractivity contribution in [1.29, 1.82) is 0 Å². The molecule has 3 saturated carbocycles. The first-order valence-electron chi connectivity index (χ1n) is 6.25. The number of ether oxygens (including phenoxy) is 1. The van der Waals surface area contributed by atoms with Crippen molar-refractivity contribution >= 4 is 11.9 Å². The van der Waals surface area contributed by atoms with Crippen LogP contribution in [0.25, 0.3) is 0 Å². The second kappa shape index (κ2) is 3.98. The molecule has 0 saturated heterocycles. The van der Waals surface area contributed by atoms with Crippen LogP contribution in [-0.2, 0) is 14.3 Å². The predicted molar refractivity (Wildman–Crippen MR) is 58.2 cm³/mol. The van der Waals surface area contributed by atoms with Crippen molar-refractivity contribution in [1.82, 2.24) is 5.32 Å². The zero-order chi connectivity index (χ0) is 12.0. The van der Waals surface area contributed by atoms with Gasteiger partial charge in [-0.2, -0.15) is 0 Å². The normalized spacial score (nSPS) is 41.1. The minimum atomic E-state index is -1.04. The number of fused-ring (bicyclic) bond motifs is 5. The van der Waals surface area contributed by atoms with Crippen LogP contribution in [0.3, 0.4) is 0 Å². The average molecular weight is 239 g/mol. The van der Waals surface area contributed by atoms with Gasteiger partial charge in [-0.1, -0.05) is 0 Å². The Morgan fingerprint density at radius 2 is 1.82 bits per heavy atom. The highest BCUT2D eigenvalue weighted by atomic mass is 16.5. The minimum Gasteiger partial charge on any atom is -0.480 e. The summed E-state index contributed by atoms with van der Waals surface area (Å²) in [5, 5.41) is 11.3. The van der Waals surface area contributed by atoms with Crippen LogP contribution in [0.4, 0.5) is 0 Å². The van der Waals surface area contributed by atoms with Crippen LogP contribution >= 0.6 is 0 Å². The van der Waals surface area contributed by atoms with E-state index in [1.165, 1.54) is 19.3 Å². The van der Waals surface area contributed by atoms with Crippen LogP contribution in [0, 0.1) is 23.7 Å². The molecule has 2 N–H and O–H groups in total. The lowest BCUT2D eigenvalue weighted by molar-refractivity contribution is -0.143. The lowest BCUT2D eigenvalue weighted by Gasteiger charge is -2.10. The number of rotatable bonds is 5. The number of amides is 1. The molecular weight excluding hydrogens is 222 g/mol. The molecule has 0 aromatic carbocycles. The topological polar surface area (TPSA) is 75.6 Å². The van der Waals surface area contributed by atoms with Crippen LogP contribution in [0.15, 0.2) is 0 Å². The van der Waals surface area contributed by atoms with Crippen molar-refractivity contribution in [3.63, 3.8) is 0 Å². The molecule has 0 aromatic heterocycles. The molecule has 94 valence electrons.